The van der Waals surface area contributed by atoms with Crippen molar-refractivity contribution in [3.63, 3.8) is 0 Å². The topological polar surface area (TPSA) is 46.3 Å². The molecule has 3 heteroatoms. The van der Waals surface area contributed by atoms with Gasteiger partial charge in [0.05, 0.1) is 0 Å². The predicted octanol–water partition coefficient (Wildman–Crippen LogP) is 2.51. The number of hydrogen-bond donors (Lipinski definition) is 1. The number of fused-ring (bicyclic) bond motifs is 1. The fourth-order valence-electron chi connectivity index (χ4n) is 2.64. The molecule has 1 amide bonds. The minimum atomic E-state index is 0.155. The van der Waals surface area contributed by atoms with Crippen LogP contribution in [0.25, 0.3) is 0 Å². The van der Waals surface area contributed by atoms with E-state index in [1.54, 1.807) is 0 Å². The highest BCUT2D eigenvalue weighted by Gasteiger charge is 2.23. The first-order chi connectivity index (χ1) is 9.74. The van der Waals surface area contributed by atoms with E-state index in [4.69, 9.17) is 5.73 Å². The summed E-state index contributed by atoms with van der Waals surface area (Å²) in [7, 11) is 0. The molecule has 0 atom stereocenters. The summed E-state index contributed by atoms with van der Waals surface area (Å²) in [5.74, 6) is 0.155. The van der Waals surface area contributed by atoms with Gasteiger partial charge in [0.2, 0.25) is 0 Å². The number of nitrogens with two attached hydrogens (primary N) is 1. The Bertz CT molecular complexity index is 619. The normalized spacial score (nSPS) is 14.2. The van der Waals surface area contributed by atoms with Crippen LogP contribution < -0.4 is 5.73 Å². The van der Waals surface area contributed by atoms with Crippen LogP contribution in [0.5, 0.6) is 0 Å². The predicted molar refractivity (Wildman–Crippen MR) is 80.6 cm³/mol. The van der Waals surface area contributed by atoms with Crippen LogP contribution in [-0.4, -0.2) is 23.9 Å². The Morgan fingerprint density at radius 1 is 1.05 bits per heavy atom. The van der Waals surface area contributed by atoms with E-state index in [9.17, 15) is 4.79 Å². The Kier molecular flexibility index (Phi) is 3.42. The molecule has 1 aliphatic heterocycles. The van der Waals surface area contributed by atoms with E-state index in [2.05, 4.69) is 0 Å². The second-order valence-electron chi connectivity index (χ2n) is 5.19. The highest BCUT2D eigenvalue weighted by Crippen LogP contribution is 2.19. The highest BCUT2D eigenvalue weighted by atomic mass is 16.2. The van der Waals surface area contributed by atoms with Crippen LogP contribution in [0.1, 0.15) is 21.5 Å². The minimum Gasteiger partial charge on any atom is -0.399 e. The number of nitrogen functional groups attached to an aromatic ring is 1. The maximum atomic E-state index is 12.4. The molecule has 20 heavy (non-hydrogen) atoms. The zero-order valence-electron chi connectivity index (χ0n) is 11.4. The molecule has 2 aromatic rings. The quantitative estimate of drug-likeness (QED) is 0.868. The van der Waals surface area contributed by atoms with Gasteiger partial charge in [-0.15, -0.1) is 0 Å². The van der Waals surface area contributed by atoms with Crippen molar-refractivity contribution < 1.29 is 4.79 Å². The van der Waals surface area contributed by atoms with Gasteiger partial charge in [0, 0.05) is 24.3 Å². The van der Waals surface area contributed by atoms with Crippen molar-refractivity contribution in [3.05, 3.63) is 65.2 Å². The fraction of sp³-hybridized carbons (Fsp3) is 0.235. The lowest BCUT2D eigenvalue weighted by molar-refractivity contribution is 0.0742. The van der Waals surface area contributed by atoms with Crippen molar-refractivity contribution in [1.29, 1.82) is 0 Å². The Morgan fingerprint density at radius 3 is 2.60 bits per heavy atom. The molecule has 0 spiro atoms. The standard InChI is InChI=1S/C17H18N2O/c18-15-7-5-13(6-8-15)9-11-19-12-10-14-3-1-2-4-16(14)17(19)20/h1-8H,9-12,18H2. The molecule has 2 N–H and O–H groups in total. The van der Waals surface area contributed by atoms with E-state index in [1.165, 1.54) is 11.1 Å². The van der Waals surface area contributed by atoms with Crippen LogP contribution in [0.2, 0.25) is 0 Å². The molecule has 1 aliphatic rings. The average molecular weight is 266 g/mol. The third-order valence-electron chi connectivity index (χ3n) is 3.84. The summed E-state index contributed by atoms with van der Waals surface area (Å²) in [6, 6.07) is 15.8. The van der Waals surface area contributed by atoms with Crippen molar-refractivity contribution in [3.8, 4) is 0 Å². The van der Waals surface area contributed by atoms with Gasteiger partial charge in [-0.25, -0.2) is 0 Å². The molecule has 3 nitrogen and oxygen atoms in total. The number of anilines is 1. The van der Waals surface area contributed by atoms with Crippen molar-refractivity contribution >= 4 is 11.6 Å². The fourth-order valence-corrected chi connectivity index (χ4v) is 2.64. The second kappa shape index (κ2) is 5.37. The molecule has 0 radical (unpaired) electrons. The monoisotopic (exact) mass is 266 g/mol. The number of rotatable bonds is 3. The van der Waals surface area contributed by atoms with Gasteiger partial charge in [0.1, 0.15) is 0 Å². The lowest BCUT2D eigenvalue weighted by Gasteiger charge is -2.28. The van der Waals surface area contributed by atoms with E-state index in [1.807, 2.05) is 53.4 Å². The van der Waals surface area contributed by atoms with Crippen molar-refractivity contribution in [2.75, 3.05) is 18.8 Å². The molecule has 2 aromatic carbocycles. The SMILES string of the molecule is Nc1ccc(CCN2CCc3ccccc3C2=O)cc1. The largest absolute Gasteiger partial charge is 0.399 e. The number of carbonyl (C=O) groups excluding carboxylic acids is 1. The second-order valence-corrected chi connectivity index (χ2v) is 5.19. The molecule has 0 aromatic heterocycles. The van der Waals surface area contributed by atoms with Crippen LogP contribution in [0.3, 0.4) is 0 Å². The molecule has 0 aliphatic carbocycles. The lowest BCUT2D eigenvalue weighted by atomic mass is 9.99. The summed E-state index contributed by atoms with van der Waals surface area (Å²) in [6.07, 6.45) is 1.82. The number of benzene rings is 2. The van der Waals surface area contributed by atoms with Gasteiger partial charge in [0.25, 0.3) is 5.91 Å². The first kappa shape index (κ1) is 12.7. The van der Waals surface area contributed by atoms with Crippen molar-refractivity contribution in [2.24, 2.45) is 0 Å². The van der Waals surface area contributed by atoms with Gasteiger partial charge < -0.3 is 10.6 Å². The molecule has 0 unspecified atom stereocenters. The number of amides is 1. The van der Waals surface area contributed by atoms with E-state index in [0.717, 1.165) is 37.2 Å². The number of nitrogens with zero attached hydrogens (tertiary/aromatic N) is 1. The van der Waals surface area contributed by atoms with Crippen LogP contribution in [-0.2, 0) is 12.8 Å². The zero-order valence-corrected chi connectivity index (χ0v) is 11.4. The zero-order chi connectivity index (χ0) is 13.9. The van der Waals surface area contributed by atoms with Gasteiger partial charge in [-0.1, -0.05) is 30.3 Å². The summed E-state index contributed by atoms with van der Waals surface area (Å²) >= 11 is 0. The first-order valence-corrected chi connectivity index (χ1v) is 6.95. The van der Waals surface area contributed by atoms with Crippen LogP contribution in [0.4, 0.5) is 5.69 Å². The van der Waals surface area contributed by atoms with Crippen molar-refractivity contribution in [2.45, 2.75) is 12.8 Å². The van der Waals surface area contributed by atoms with Crippen LogP contribution in [0.15, 0.2) is 48.5 Å². The Labute approximate surface area is 119 Å². The van der Waals surface area contributed by atoms with Crippen LogP contribution in [0, 0.1) is 0 Å². The average Bonchev–Trinajstić information content (AvgIpc) is 2.49. The molecular formula is C17H18N2O. The molecule has 0 saturated carbocycles. The van der Waals surface area contributed by atoms with E-state index >= 15 is 0 Å². The molecule has 1 heterocycles. The van der Waals surface area contributed by atoms with Crippen LogP contribution >= 0.6 is 0 Å². The minimum absolute atomic E-state index is 0.155. The van der Waals surface area contributed by atoms with Gasteiger partial charge in [-0.3, -0.25) is 4.79 Å². The lowest BCUT2D eigenvalue weighted by Crippen LogP contribution is -2.38. The Balaban J connectivity index is 1.68. The Hall–Kier alpha value is -2.29. The molecule has 102 valence electrons. The Morgan fingerprint density at radius 2 is 1.80 bits per heavy atom. The van der Waals surface area contributed by atoms with E-state index in [-0.39, 0.29) is 5.91 Å². The van der Waals surface area contributed by atoms with E-state index < -0.39 is 0 Å². The molecule has 0 bridgehead atoms. The van der Waals surface area contributed by atoms with Gasteiger partial charge in [-0.05, 0) is 42.2 Å². The third-order valence-corrected chi connectivity index (χ3v) is 3.84. The molecule has 3 rings (SSSR count). The van der Waals surface area contributed by atoms with Gasteiger partial charge in [-0.2, -0.15) is 0 Å². The van der Waals surface area contributed by atoms with Crippen molar-refractivity contribution in [1.82, 2.24) is 4.90 Å². The summed E-state index contributed by atoms with van der Waals surface area (Å²) in [6.45, 7) is 1.57. The number of hydrogen-bond acceptors (Lipinski definition) is 2. The maximum absolute atomic E-state index is 12.4. The van der Waals surface area contributed by atoms with E-state index in [0.29, 0.717) is 0 Å². The van der Waals surface area contributed by atoms with Gasteiger partial charge in [0.15, 0.2) is 0 Å². The molecule has 0 fully saturated rings. The molecular weight excluding hydrogens is 248 g/mol. The maximum Gasteiger partial charge on any atom is 0.254 e. The highest BCUT2D eigenvalue weighted by molar-refractivity contribution is 5.96. The summed E-state index contributed by atoms with van der Waals surface area (Å²) in [5, 5.41) is 0. The smallest absolute Gasteiger partial charge is 0.254 e. The summed E-state index contributed by atoms with van der Waals surface area (Å²) in [5.41, 5.74) is 9.69. The molecule has 0 saturated heterocycles. The first-order valence-electron chi connectivity index (χ1n) is 6.95. The summed E-state index contributed by atoms with van der Waals surface area (Å²) < 4.78 is 0. The third kappa shape index (κ3) is 2.52. The summed E-state index contributed by atoms with van der Waals surface area (Å²) in [4.78, 5) is 14.3. The number of carbonyl (C=O) groups is 1. The van der Waals surface area contributed by atoms with Gasteiger partial charge >= 0.3 is 0 Å².